The smallest absolute Gasteiger partial charge is 0.0781 e. The van der Waals surface area contributed by atoms with Crippen LogP contribution in [0.4, 0.5) is 5.69 Å². The highest BCUT2D eigenvalue weighted by atomic mass is 16.3. The maximum absolute atomic E-state index is 9.78. The minimum Gasteiger partial charge on any atom is -0.389 e. The van der Waals surface area contributed by atoms with Crippen LogP contribution in [0, 0.1) is 0 Å². The van der Waals surface area contributed by atoms with Crippen LogP contribution in [0.2, 0.25) is 0 Å². The van der Waals surface area contributed by atoms with Gasteiger partial charge in [-0.2, -0.15) is 5.10 Å². The second-order valence-corrected chi connectivity index (χ2v) is 4.82. The van der Waals surface area contributed by atoms with E-state index in [1.54, 1.807) is 6.92 Å². The first-order valence-electron chi connectivity index (χ1n) is 6.68. The summed E-state index contributed by atoms with van der Waals surface area (Å²) in [6.07, 6.45) is 3.32. The van der Waals surface area contributed by atoms with Crippen LogP contribution in [-0.4, -0.2) is 14.7 Å². The minimum atomic E-state index is -0.484. The van der Waals surface area contributed by atoms with Crippen LogP contribution in [0.25, 0.3) is 5.52 Å². The minimum absolute atomic E-state index is 0.484. The van der Waals surface area contributed by atoms with Gasteiger partial charge in [0, 0.05) is 29.6 Å². The number of aliphatic hydroxyl groups excluding tert-OH is 1. The van der Waals surface area contributed by atoms with E-state index >= 15 is 0 Å². The Kier molecular flexibility index (Phi) is 3.39. The molecule has 0 aliphatic rings. The molecule has 0 bridgehead atoms. The van der Waals surface area contributed by atoms with E-state index in [4.69, 9.17) is 0 Å². The fourth-order valence-electron chi connectivity index (χ4n) is 2.34. The quantitative estimate of drug-likeness (QED) is 0.764. The number of para-hydroxylation sites is 1. The Labute approximate surface area is 117 Å². The fourth-order valence-corrected chi connectivity index (χ4v) is 2.34. The molecule has 20 heavy (non-hydrogen) atoms. The van der Waals surface area contributed by atoms with Crippen LogP contribution in [0.5, 0.6) is 0 Å². The van der Waals surface area contributed by atoms with Crippen molar-refractivity contribution in [2.75, 3.05) is 5.32 Å². The normalized spacial score (nSPS) is 12.5. The maximum atomic E-state index is 9.78. The van der Waals surface area contributed by atoms with Gasteiger partial charge in [-0.1, -0.05) is 24.3 Å². The number of aromatic nitrogens is 2. The van der Waals surface area contributed by atoms with Crippen molar-refractivity contribution < 1.29 is 5.11 Å². The van der Waals surface area contributed by atoms with Crippen molar-refractivity contribution in [3.05, 3.63) is 66.0 Å². The predicted molar refractivity (Wildman–Crippen MR) is 79.6 cm³/mol. The topological polar surface area (TPSA) is 49.6 Å². The molecular weight excluding hydrogens is 250 g/mol. The molecule has 1 atom stereocenters. The number of rotatable bonds is 4. The Morgan fingerprint density at radius 1 is 1.20 bits per heavy atom. The van der Waals surface area contributed by atoms with Crippen molar-refractivity contribution in [3.8, 4) is 0 Å². The number of aliphatic hydroxyl groups is 1. The standard InChI is InChI=1S/C16H17N3O/c1-12(20)14-6-2-3-7-15(14)17-10-13-11-18-19-9-5-4-8-16(13)19/h2-9,11-12,17,20H,10H2,1H3. The Hall–Kier alpha value is -2.33. The molecule has 0 aliphatic heterocycles. The van der Waals surface area contributed by atoms with Gasteiger partial charge in [0.25, 0.3) is 0 Å². The summed E-state index contributed by atoms with van der Waals surface area (Å²) in [4.78, 5) is 0. The third-order valence-electron chi connectivity index (χ3n) is 3.39. The SMILES string of the molecule is CC(O)c1ccccc1NCc1cnn2ccccc12. The molecule has 1 unspecified atom stereocenters. The number of hydrogen-bond acceptors (Lipinski definition) is 3. The highest BCUT2D eigenvalue weighted by Crippen LogP contribution is 2.23. The molecule has 0 fully saturated rings. The van der Waals surface area contributed by atoms with Gasteiger partial charge in [0.1, 0.15) is 0 Å². The molecule has 2 aromatic heterocycles. The predicted octanol–water partition coefficient (Wildman–Crippen LogP) is 3.00. The molecule has 3 aromatic rings. The number of nitrogens with one attached hydrogen (secondary N) is 1. The highest BCUT2D eigenvalue weighted by molar-refractivity contribution is 5.57. The van der Waals surface area contributed by atoms with Crippen LogP contribution < -0.4 is 5.32 Å². The van der Waals surface area contributed by atoms with Gasteiger partial charge in [0.05, 0.1) is 17.8 Å². The summed E-state index contributed by atoms with van der Waals surface area (Å²) < 4.78 is 1.86. The summed E-state index contributed by atoms with van der Waals surface area (Å²) in [5, 5.41) is 17.5. The molecule has 0 spiro atoms. The lowest BCUT2D eigenvalue weighted by molar-refractivity contribution is 0.200. The van der Waals surface area contributed by atoms with E-state index in [-0.39, 0.29) is 0 Å². The van der Waals surface area contributed by atoms with E-state index < -0.39 is 6.10 Å². The molecule has 4 nitrogen and oxygen atoms in total. The Balaban J connectivity index is 1.83. The highest BCUT2D eigenvalue weighted by Gasteiger charge is 2.08. The molecule has 2 N–H and O–H groups in total. The lowest BCUT2D eigenvalue weighted by Gasteiger charge is -2.13. The number of hydrogen-bond donors (Lipinski definition) is 2. The molecule has 0 saturated carbocycles. The summed E-state index contributed by atoms with van der Waals surface area (Å²) in [6.45, 7) is 2.45. The van der Waals surface area contributed by atoms with Crippen LogP contribution >= 0.6 is 0 Å². The van der Waals surface area contributed by atoms with Crippen molar-refractivity contribution in [2.24, 2.45) is 0 Å². The lowest BCUT2D eigenvalue weighted by atomic mass is 10.1. The van der Waals surface area contributed by atoms with Crippen LogP contribution in [0.15, 0.2) is 54.9 Å². The van der Waals surface area contributed by atoms with Crippen molar-refractivity contribution in [1.82, 2.24) is 9.61 Å². The molecular formula is C16H17N3O. The molecule has 4 heteroatoms. The number of fused-ring (bicyclic) bond motifs is 1. The molecule has 1 aromatic carbocycles. The van der Waals surface area contributed by atoms with E-state index in [1.807, 2.05) is 59.4 Å². The zero-order valence-electron chi connectivity index (χ0n) is 11.3. The Morgan fingerprint density at radius 3 is 2.85 bits per heavy atom. The largest absolute Gasteiger partial charge is 0.389 e. The first-order valence-corrected chi connectivity index (χ1v) is 6.68. The Morgan fingerprint density at radius 2 is 2.00 bits per heavy atom. The third-order valence-corrected chi connectivity index (χ3v) is 3.39. The van der Waals surface area contributed by atoms with Gasteiger partial charge >= 0.3 is 0 Å². The first kappa shape index (κ1) is 12.7. The molecule has 102 valence electrons. The summed E-state index contributed by atoms with van der Waals surface area (Å²) in [7, 11) is 0. The zero-order chi connectivity index (χ0) is 13.9. The van der Waals surface area contributed by atoms with Crippen molar-refractivity contribution >= 4 is 11.2 Å². The summed E-state index contributed by atoms with van der Waals surface area (Å²) >= 11 is 0. The molecule has 0 amide bonds. The van der Waals surface area contributed by atoms with Gasteiger partial charge in [-0.3, -0.25) is 0 Å². The number of nitrogens with zero attached hydrogens (tertiary/aromatic N) is 2. The number of pyridine rings is 1. The van der Waals surface area contributed by atoms with Crippen LogP contribution in [-0.2, 0) is 6.54 Å². The summed E-state index contributed by atoms with van der Waals surface area (Å²) in [6, 6.07) is 13.8. The van der Waals surface area contributed by atoms with Gasteiger partial charge in [0.15, 0.2) is 0 Å². The van der Waals surface area contributed by atoms with Gasteiger partial charge in [-0.05, 0) is 25.1 Å². The molecule has 0 radical (unpaired) electrons. The molecule has 3 rings (SSSR count). The van der Waals surface area contributed by atoms with E-state index in [1.165, 1.54) is 0 Å². The van der Waals surface area contributed by atoms with Gasteiger partial charge in [-0.25, -0.2) is 4.52 Å². The number of anilines is 1. The van der Waals surface area contributed by atoms with E-state index in [0.717, 1.165) is 22.3 Å². The molecule has 0 aliphatic carbocycles. The summed E-state index contributed by atoms with van der Waals surface area (Å²) in [5.74, 6) is 0. The van der Waals surface area contributed by atoms with Crippen LogP contribution in [0.1, 0.15) is 24.2 Å². The second kappa shape index (κ2) is 5.35. The fraction of sp³-hybridized carbons (Fsp3) is 0.188. The second-order valence-electron chi connectivity index (χ2n) is 4.82. The van der Waals surface area contributed by atoms with Crippen molar-refractivity contribution in [3.63, 3.8) is 0 Å². The van der Waals surface area contributed by atoms with Crippen molar-refractivity contribution in [1.29, 1.82) is 0 Å². The van der Waals surface area contributed by atoms with E-state index in [2.05, 4.69) is 10.4 Å². The molecule has 0 saturated heterocycles. The average Bonchev–Trinajstić information content (AvgIpc) is 2.88. The van der Waals surface area contributed by atoms with E-state index in [0.29, 0.717) is 6.54 Å². The lowest BCUT2D eigenvalue weighted by Crippen LogP contribution is -2.04. The van der Waals surface area contributed by atoms with Gasteiger partial charge in [0.2, 0.25) is 0 Å². The van der Waals surface area contributed by atoms with Crippen molar-refractivity contribution in [2.45, 2.75) is 19.6 Å². The van der Waals surface area contributed by atoms with Gasteiger partial charge < -0.3 is 10.4 Å². The third kappa shape index (κ3) is 2.38. The zero-order valence-corrected chi connectivity index (χ0v) is 11.3. The monoisotopic (exact) mass is 267 g/mol. The number of benzene rings is 1. The Bertz CT molecular complexity index is 718. The van der Waals surface area contributed by atoms with Gasteiger partial charge in [-0.15, -0.1) is 0 Å². The molecule has 2 heterocycles. The van der Waals surface area contributed by atoms with E-state index in [9.17, 15) is 5.11 Å². The van der Waals surface area contributed by atoms with Crippen LogP contribution in [0.3, 0.4) is 0 Å². The summed E-state index contributed by atoms with van der Waals surface area (Å²) in [5.41, 5.74) is 4.09. The maximum Gasteiger partial charge on any atom is 0.0781 e. The first-order chi connectivity index (χ1) is 9.75. The average molecular weight is 267 g/mol.